The number of pyridine rings is 1. The van der Waals surface area contributed by atoms with Gasteiger partial charge in [0.1, 0.15) is 5.69 Å². The van der Waals surface area contributed by atoms with Gasteiger partial charge in [0.2, 0.25) is 5.56 Å². The molecular weight excluding hydrogens is 389 g/mol. The van der Waals surface area contributed by atoms with Crippen LogP contribution < -0.4 is 10.9 Å². The monoisotopic (exact) mass is 406 g/mol. The van der Waals surface area contributed by atoms with Crippen molar-refractivity contribution in [1.29, 1.82) is 0 Å². The first-order chi connectivity index (χ1) is 13.7. The van der Waals surface area contributed by atoms with Crippen LogP contribution in [0.5, 0.6) is 0 Å². The second-order valence-corrected chi connectivity index (χ2v) is 6.84. The van der Waals surface area contributed by atoms with Gasteiger partial charge < -0.3 is 10.3 Å². The maximum atomic E-state index is 12.8. The summed E-state index contributed by atoms with van der Waals surface area (Å²) in [6.07, 6.45) is 0.731. The minimum atomic E-state index is -4.62. The zero-order valence-electron chi connectivity index (χ0n) is 15.3. The number of carbonyl (C=O) groups excluding carboxylic acids is 1. The highest BCUT2D eigenvalue weighted by Crippen LogP contribution is 2.31. The number of H-pyrrole nitrogens is 1. The Hall–Kier alpha value is -3.37. The fraction of sp³-hybridized carbons (Fsp3) is 0.333. The van der Waals surface area contributed by atoms with Crippen molar-refractivity contribution >= 4 is 5.91 Å². The molecule has 0 aromatic carbocycles. The van der Waals surface area contributed by atoms with Gasteiger partial charge in [-0.15, -0.1) is 0 Å². The van der Waals surface area contributed by atoms with Crippen LogP contribution in [0.1, 0.15) is 46.3 Å². The molecular formula is C18H17F3N6O2. The zero-order chi connectivity index (χ0) is 20.8. The van der Waals surface area contributed by atoms with Crippen LogP contribution in [0.2, 0.25) is 0 Å². The Bertz CT molecular complexity index is 1130. The Morgan fingerprint density at radius 2 is 2.10 bits per heavy atom. The van der Waals surface area contributed by atoms with Crippen LogP contribution in [-0.2, 0) is 19.6 Å². The lowest BCUT2D eigenvalue weighted by atomic mass is 9.93. The van der Waals surface area contributed by atoms with E-state index in [0.717, 1.165) is 28.4 Å². The van der Waals surface area contributed by atoms with E-state index in [9.17, 15) is 22.8 Å². The summed E-state index contributed by atoms with van der Waals surface area (Å²) < 4.78 is 41.0. The standard InChI is InChI=1S/C18H17F3N6O2/c1-26-14(8-15(25-26)18(19,20)21)17(29)23-12-3-2-4-13-11(12)9-27(24-13)10-5-6-22-16(28)7-10/h5-9,12H,2-4H2,1H3,(H,22,28)(H,23,29). The van der Waals surface area contributed by atoms with E-state index in [2.05, 4.69) is 20.5 Å². The summed E-state index contributed by atoms with van der Waals surface area (Å²) in [5.41, 5.74) is 0.584. The van der Waals surface area contributed by atoms with Crippen LogP contribution in [0.4, 0.5) is 13.2 Å². The second-order valence-electron chi connectivity index (χ2n) is 6.84. The molecule has 1 aliphatic rings. The van der Waals surface area contributed by atoms with Crippen molar-refractivity contribution in [3.8, 4) is 5.69 Å². The van der Waals surface area contributed by atoms with Gasteiger partial charge in [0, 0.05) is 37.1 Å². The van der Waals surface area contributed by atoms with Crippen LogP contribution in [0.15, 0.2) is 35.4 Å². The van der Waals surface area contributed by atoms with Crippen LogP contribution in [0.25, 0.3) is 5.69 Å². The number of carbonyl (C=O) groups is 1. The van der Waals surface area contributed by atoms with Gasteiger partial charge in [-0.2, -0.15) is 23.4 Å². The molecule has 8 nitrogen and oxygen atoms in total. The molecule has 3 aromatic heterocycles. The van der Waals surface area contributed by atoms with Crippen LogP contribution in [0.3, 0.4) is 0 Å². The average Bonchev–Trinajstić information content (AvgIpc) is 3.26. The van der Waals surface area contributed by atoms with Gasteiger partial charge in [-0.05, 0) is 25.3 Å². The van der Waals surface area contributed by atoms with Crippen molar-refractivity contribution in [2.45, 2.75) is 31.5 Å². The lowest BCUT2D eigenvalue weighted by Crippen LogP contribution is -2.31. The van der Waals surface area contributed by atoms with Gasteiger partial charge in [-0.25, -0.2) is 4.68 Å². The molecule has 0 spiro atoms. The van der Waals surface area contributed by atoms with Crippen molar-refractivity contribution in [3.63, 3.8) is 0 Å². The van der Waals surface area contributed by atoms with Crippen molar-refractivity contribution in [1.82, 2.24) is 29.9 Å². The van der Waals surface area contributed by atoms with E-state index < -0.39 is 23.8 Å². The number of alkyl halides is 3. The molecule has 0 aliphatic heterocycles. The van der Waals surface area contributed by atoms with Gasteiger partial charge in [-0.3, -0.25) is 14.3 Å². The number of nitrogens with zero attached hydrogens (tertiary/aromatic N) is 4. The number of aromatic amines is 1. The molecule has 4 rings (SSSR count). The molecule has 0 saturated heterocycles. The quantitative estimate of drug-likeness (QED) is 0.696. The number of nitrogens with one attached hydrogen (secondary N) is 2. The number of hydrogen-bond acceptors (Lipinski definition) is 4. The molecule has 1 amide bonds. The number of hydrogen-bond donors (Lipinski definition) is 2. The molecule has 0 saturated carbocycles. The number of fused-ring (bicyclic) bond motifs is 1. The smallest absolute Gasteiger partial charge is 0.344 e. The fourth-order valence-corrected chi connectivity index (χ4v) is 3.45. The summed E-state index contributed by atoms with van der Waals surface area (Å²) in [5.74, 6) is -0.641. The number of halogens is 3. The molecule has 0 bridgehead atoms. The summed E-state index contributed by atoms with van der Waals surface area (Å²) in [4.78, 5) is 26.7. The van der Waals surface area contributed by atoms with Gasteiger partial charge in [-0.1, -0.05) is 0 Å². The molecule has 1 aliphatic carbocycles. The maximum Gasteiger partial charge on any atom is 0.435 e. The summed E-state index contributed by atoms with van der Waals surface area (Å²) in [6.45, 7) is 0. The molecule has 1 atom stereocenters. The Morgan fingerprint density at radius 1 is 1.31 bits per heavy atom. The number of rotatable bonds is 3. The highest BCUT2D eigenvalue weighted by atomic mass is 19.4. The number of aryl methyl sites for hydroxylation is 2. The van der Waals surface area contributed by atoms with E-state index >= 15 is 0 Å². The maximum absolute atomic E-state index is 12.8. The predicted molar refractivity (Wildman–Crippen MR) is 95.5 cm³/mol. The van der Waals surface area contributed by atoms with Gasteiger partial charge >= 0.3 is 6.18 Å². The Kier molecular flexibility index (Phi) is 4.52. The van der Waals surface area contributed by atoms with Crippen LogP contribution in [0, 0.1) is 0 Å². The first-order valence-electron chi connectivity index (χ1n) is 8.92. The SMILES string of the molecule is Cn1nc(C(F)(F)F)cc1C(=O)NC1CCCc2nn(-c3cc[nH]c(=O)c3)cc21. The van der Waals surface area contributed by atoms with Crippen LogP contribution in [-0.4, -0.2) is 30.5 Å². The molecule has 3 heterocycles. The van der Waals surface area contributed by atoms with Crippen molar-refractivity contribution < 1.29 is 18.0 Å². The molecule has 0 radical (unpaired) electrons. The van der Waals surface area contributed by atoms with Crippen molar-refractivity contribution in [2.24, 2.45) is 7.05 Å². The van der Waals surface area contributed by atoms with E-state index in [0.29, 0.717) is 18.5 Å². The van der Waals surface area contributed by atoms with Gasteiger partial charge in [0.05, 0.1) is 17.4 Å². The number of aromatic nitrogens is 5. The molecule has 152 valence electrons. The predicted octanol–water partition coefficient (Wildman–Crippen LogP) is 2.12. The highest BCUT2D eigenvalue weighted by molar-refractivity contribution is 5.93. The summed E-state index contributed by atoms with van der Waals surface area (Å²) in [7, 11) is 1.29. The average molecular weight is 406 g/mol. The summed E-state index contributed by atoms with van der Waals surface area (Å²) in [5, 5.41) is 10.7. The molecule has 3 aromatic rings. The number of amides is 1. The first kappa shape index (κ1) is 19.0. The van der Waals surface area contributed by atoms with Crippen molar-refractivity contribution in [3.05, 3.63) is 63.6 Å². The third-order valence-electron chi connectivity index (χ3n) is 4.84. The van der Waals surface area contributed by atoms with E-state index in [4.69, 9.17) is 0 Å². The Morgan fingerprint density at radius 3 is 2.79 bits per heavy atom. The second kappa shape index (κ2) is 6.90. The molecule has 1 unspecified atom stereocenters. The van der Waals surface area contributed by atoms with Gasteiger partial charge in [0.15, 0.2) is 5.69 Å². The minimum Gasteiger partial charge on any atom is -0.344 e. The lowest BCUT2D eigenvalue weighted by Gasteiger charge is -2.22. The van der Waals surface area contributed by atoms with E-state index in [1.54, 1.807) is 16.9 Å². The molecule has 0 fully saturated rings. The van der Waals surface area contributed by atoms with Gasteiger partial charge in [0.25, 0.3) is 5.91 Å². The van der Waals surface area contributed by atoms with Crippen LogP contribution >= 0.6 is 0 Å². The Labute approximate surface area is 162 Å². The summed E-state index contributed by atoms with van der Waals surface area (Å²) in [6, 6.07) is 3.44. The highest BCUT2D eigenvalue weighted by Gasteiger charge is 2.36. The lowest BCUT2D eigenvalue weighted by molar-refractivity contribution is -0.141. The molecule has 11 heteroatoms. The third-order valence-corrected chi connectivity index (χ3v) is 4.84. The Balaban J connectivity index is 1.60. The topological polar surface area (TPSA) is 97.6 Å². The first-order valence-corrected chi connectivity index (χ1v) is 8.92. The zero-order valence-corrected chi connectivity index (χ0v) is 15.3. The van der Waals surface area contributed by atoms with E-state index in [1.165, 1.54) is 19.3 Å². The largest absolute Gasteiger partial charge is 0.435 e. The molecule has 29 heavy (non-hydrogen) atoms. The third kappa shape index (κ3) is 3.67. The molecule has 2 N–H and O–H groups in total. The van der Waals surface area contributed by atoms with E-state index in [1.807, 2.05) is 0 Å². The summed E-state index contributed by atoms with van der Waals surface area (Å²) >= 11 is 0. The fourth-order valence-electron chi connectivity index (χ4n) is 3.45. The van der Waals surface area contributed by atoms with Crippen molar-refractivity contribution in [2.75, 3.05) is 0 Å². The minimum absolute atomic E-state index is 0.175. The normalized spacial score (nSPS) is 16.5. The van der Waals surface area contributed by atoms with E-state index in [-0.39, 0.29) is 11.3 Å².